The molecule has 0 radical (unpaired) electrons. The number of likely N-dealkylation sites (N-methyl/N-ethyl adjacent to an activating group) is 1. The Morgan fingerprint density at radius 3 is 2.45 bits per heavy atom. The molecule has 0 aromatic carbocycles. The van der Waals surface area contributed by atoms with Gasteiger partial charge < -0.3 is 19.5 Å². The average molecular weight is 495 g/mol. The van der Waals surface area contributed by atoms with E-state index in [4.69, 9.17) is 19.4 Å². The summed E-state index contributed by atoms with van der Waals surface area (Å²) in [6.45, 7) is 7.14. The largest absolute Gasteiger partial charge is 0.490 e. The minimum atomic E-state index is -5.08. The number of hydrogen-bond acceptors (Lipinski definition) is 6. The van der Waals surface area contributed by atoms with E-state index in [1.54, 1.807) is 19.0 Å². The lowest BCUT2D eigenvalue weighted by Gasteiger charge is -2.42. The molecule has 3 heterocycles. The van der Waals surface area contributed by atoms with E-state index in [1.165, 1.54) is 9.75 Å². The van der Waals surface area contributed by atoms with Crippen molar-refractivity contribution in [3.05, 3.63) is 21.9 Å². The fraction of sp³-hybridized carbons (Fsp3) is 0.727. The second-order valence-corrected chi connectivity index (χ2v) is 9.99. The molecule has 1 atom stereocenters. The SMILES string of the molecule is Cc1ccc(CN2CCC3(CC2)OCCC3CCOCC(=O)N(C)C)s1.O=C(O)C(F)(F)F. The summed E-state index contributed by atoms with van der Waals surface area (Å²) in [6, 6.07) is 4.47. The minimum Gasteiger partial charge on any atom is -0.475 e. The van der Waals surface area contributed by atoms with Crippen LogP contribution in [0.3, 0.4) is 0 Å². The van der Waals surface area contributed by atoms with Gasteiger partial charge in [0.15, 0.2) is 0 Å². The van der Waals surface area contributed by atoms with Crippen molar-refractivity contribution in [2.75, 3.05) is 47.0 Å². The van der Waals surface area contributed by atoms with Crippen LogP contribution in [0.25, 0.3) is 0 Å². The third-order valence-electron chi connectivity index (χ3n) is 6.06. The lowest BCUT2D eigenvalue weighted by molar-refractivity contribution is -0.192. The van der Waals surface area contributed by atoms with Crippen molar-refractivity contribution in [1.82, 2.24) is 9.80 Å². The Kier molecular flexibility index (Phi) is 10.1. The number of alkyl halides is 3. The normalized spacial score (nSPS) is 20.4. The Bertz CT molecular complexity index is 776. The van der Waals surface area contributed by atoms with Gasteiger partial charge in [0.2, 0.25) is 5.91 Å². The molecule has 1 spiro atoms. The minimum absolute atomic E-state index is 0.0273. The molecule has 0 aliphatic carbocycles. The molecule has 0 saturated carbocycles. The number of hydrogen-bond donors (Lipinski definition) is 1. The summed E-state index contributed by atoms with van der Waals surface area (Å²) in [7, 11) is 3.52. The first-order valence-corrected chi connectivity index (χ1v) is 11.7. The highest BCUT2D eigenvalue weighted by atomic mass is 32.1. The van der Waals surface area contributed by atoms with Crippen molar-refractivity contribution in [3.63, 3.8) is 0 Å². The summed E-state index contributed by atoms with van der Waals surface area (Å²) < 4.78 is 43.6. The van der Waals surface area contributed by atoms with Gasteiger partial charge in [0.05, 0.1) is 5.60 Å². The van der Waals surface area contributed by atoms with Gasteiger partial charge >= 0.3 is 12.1 Å². The van der Waals surface area contributed by atoms with Gasteiger partial charge in [-0.2, -0.15) is 13.2 Å². The number of carboxylic acid groups (broad SMARTS) is 1. The molecule has 188 valence electrons. The molecule has 1 aromatic rings. The molecule has 1 amide bonds. The number of aliphatic carboxylic acids is 1. The maximum atomic E-state index is 11.6. The summed E-state index contributed by atoms with van der Waals surface area (Å²) in [4.78, 5) is 27.5. The third kappa shape index (κ3) is 8.55. The number of aryl methyl sites for hydroxylation is 1. The lowest BCUT2D eigenvalue weighted by Crippen LogP contribution is -2.47. The van der Waals surface area contributed by atoms with Crippen LogP contribution < -0.4 is 0 Å². The highest BCUT2D eigenvalue weighted by Crippen LogP contribution is 2.42. The summed E-state index contributed by atoms with van der Waals surface area (Å²) in [6.07, 6.45) is -0.753. The Morgan fingerprint density at radius 1 is 1.30 bits per heavy atom. The number of piperidine rings is 1. The van der Waals surface area contributed by atoms with Crippen LogP contribution in [-0.2, 0) is 25.6 Å². The molecule has 7 nitrogen and oxygen atoms in total. The fourth-order valence-corrected chi connectivity index (χ4v) is 5.07. The standard InChI is InChI=1S/C20H32N2O3S.C2HF3O2/c1-16-4-5-18(26-16)14-22-10-8-20(9-11-22)17(7-13-25-20)6-12-24-15-19(23)21(2)3;3-2(4,5)1(6)7/h4-5,17H,6-15H2,1-3H3;(H,6,7). The highest BCUT2D eigenvalue weighted by molar-refractivity contribution is 7.11. The number of thiophene rings is 1. The summed E-state index contributed by atoms with van der Waals surface area (Å²) in [5, 5.41) is 7.12. The van der Waals surface area contributed by atoms with E-state index < -0.39 is 12.1 Å². The molecule has 1 N–H and O–H groups in total. The molecule has 2 saturated heterocycles. The molecule has 2 fully saturated rings. The fourth-order valence-electron chi connectivity index (χ4n) is 4.14. The third-order valence-corrected chi connectivity index (χ3v) is 7.04. The zero-order valence-corrected chi connectivity index (χ0v) is 20.1. The summed E-state index contributed by atoms with van der Waals surface area (Å²) >= 11 is 1.90. The van der Waals surface area contributed by atoms with E-state index in [0.717, 1.165) is 51.9 Å². The van der Waals surface area contributed by atoms with Crippen LogP contribution in [0.2, 0.25) is 0 Å². The number of ether oxygens (including phenoxy) is 2. The molecular formula is C22H33F3N2O5S. The van der Waals surface area contributed by atoms with E-state index in [2.05, 4.69) is 24.0 Å². The van der Waals surface area contributed by atoms with Crippen LogP contribution in [0, 0.1) is 12.8 Å². The van der Waals surface area contributed by atoms with Crippen LogP contribution in [0.1, 0.15) is 35.4 Å². The molecule has 0 bridgehead atoms. The van der Waals surface area contributed by atoms with Crippen molar-refractivity contribution in [2.45, 2.75) is 50.9 Å². The van der Waals surface area contributed by atoms with Gasteiger partial charge in [-0.05, 0) is 50.7 Å². The zero-order valence-electron chi connectivity index (χ0n) is 19.3. The predicted molar refractivity (Wildman–Crippen MR) is 118 cm³/mol. The van der Waals surface area contributed by atoms with Gasteiger partial charge in [0, 0.05) is 56.7 Å². The first kappa shape index (κ1) is 27.6. The average Bonchev–Trinajstić information content (AvgIpc) is 3.32. The van der Waals surface area contributed by atoms with Crippen molar-refractivity contribution in [1.29, 1.82) is 0 Å². The van der Waals surface area contributed by atoms with E-state index in [0.29, 0.717) is 12.5 Å². The topological polar surface area (TPSA) is 79.3 Å². The van der Waals surface area contributed by atoms with E-state index >= 15 is 0 Å². The van der Waals surface area contributed by atoms with Crippen molar-refractivity contribution in [2.24, 2.45) is 5.92 Å². The van der Waals surface area contributed by atoms with Gasteiger partial charge in [-0.25, -0.2) is 4.79 Å². The quantitative estimate of drug-likeness (QED) is 0.584. The summed E-state index contributed by atoms with van der Waals surface area (Å²) in [5.74, 6) is -2.17. The second kappa shape index (κ2) is 12.1. The van der Waals surface area contributed by atoms with Crippen LogP contribution >= 0.6 is 11.3 Å². The van der Waals surface area contributed by atoms with Gasteiger partial charge in [0.1, 0.15) is 6.61 Å². The van der Waals surface area contributed by atoms with Crippen LogP contribution in [0.15, 0.2) is 12.1 Å². The highest BCUT2D eigenvalue weighted by Gasteiger charge is 2.45. The Labute approximate surface area is 196 Å². The number of rotatable bonds is 7. The number of carbonyl (C=O) groups excluding carboxylic acids is 1. The van der Waals surface area contributed by atoms with Gasteiger partial charge in [-0.3, -0.25) is 9.69 Å². The molecule has 1 unspecified atom stereocenters. The van der Waals surface area contributed by atoms with Crippen LogP contribution in [0.5, 0.6) is 0 Å². The maximum Gasteiger partial charge on any atom is 0.490 e. The Morgan fingerprint density at radius 2 is 1.94 bits per heavy atom. The van der Waals surface area contributed by atoms with Crippen LogP contribution in [-0.4, -0.2) is 85.6 Å². The van der Waals surface area contributed by atoms with Crippen molar-refractivity contribution in [3.8, 4) is 0 Å². The monoisotopic (exact) mass is 494 g/mol. The number of likely N-dealkylation sites (tertiary alicyclic amines) is 1. The Hall–Kier alpha value is -1.69. The number of carbonyl (C=O) groups is 2. The van der Waals surface area contributed by atoms with Crippen molar-refractivity contribution < 1.29 is 37.3 Å². The van der Waals surface area contributed by atoms with Gasteiger partial charge in [0.25, 0.3) is 0 Å². The number of carboxylic acids is 1. The van der Waals surface area contributed by atoms with Crippen LogP contribution in [0.4, 0.5) is 13.2 Å². The smallest absolute Gasteiger partial charge is 0.475 e. The number of amides is 1. The van der Waals surface area contributed by atoms with Gasteiger partial charge in [-0.15, -0.1) is 11.3 Å². The number of halogens is 3. The zero-order chi connectivity index (χ0) is 24.6. The molecule has 33 heavy (non-hydrogen) atoms. The van der Waals surface area contributed by atoms with Crippen molar-refractivity contribution >= 4 is 23.2 Å². The number of nitrogens with zero attached hydrogens (tertiary/aromatic N) is 2. The molecule has 3 rings (SSSR count). The molecule has 11 heteroatoms. The van der Waals surface area contributed by atoms with E-state index in [1.807, 2.05) is 11.3 Å². The summed E-state index contributed by atoms with van der Waals surface area (Å²) in [5.41, 5.74) is 0.0385. The van der Waals surface area contributed by atoms with Gasteiger partial charge in [-0.1, -0.05) is 0 Å². The molecule has 2 aliphatic rings. The predicted octanol–water partition coefficient (Wildman–Crippen LogP) is 3.56. The first-order valence-electron chi connectivity index (χ1n) is 10.9. The molecular weight excluding hydrogens is 461 g/mol. The Balaban J connectivity index is 0.000000479. The molecule has 1 aromatic heterocycles. The molecule has 2 aliphatic heterocycles. The van der Waals surface area contributed by atoms with E-state index in [9.17, 15) is 18.0 Å². The lowest BCUT2D eigenvalue weighted by atomic mass is 9.78. The second-order valence-electron chi connectivity index (χ2n) is 8.62. The van der Waals surface area contributed by atoms with E-state index in [-0.39, 0.29) is 18.1 Å². The maximum absolute atomic E-state index is 11.6. The first-order chi connectivity index (χ1) is 15.4.